The Morgan fingerprint density at radius 2 is 1.89 bits per heavy atom. The van der Waals surface area contributed by atoms with Crippen molar-refractivity contribution in [3.05, 3.63) is 80.4 Å². The number of hydrogen-bond donors (Lipinski definition) is 1. The van der Waals surface area contributed by atoms with Crippen molar-refractivity contribution >= 4 is 41.1 Å². The van der Waals surface area contributed by atoms with Gasteiger partial charge in [-0.2, -0.15) is 5.26 Å². The molecule has 0 spiro atoms. The highest BCUT2D eigenvalue weighted by molar-refractivity contribution is 8.17. The van der Waals surface area contributed by atoms with E-state index < -0.39 is 22.9 Å². The zero-order valence-corrected chi connectivity index (χ0v) is 21.1. The number of fused-ring (bicyclic) bond motifs is 1. The van der Waals surface area contributed by atoms with E-state index in [1.807, 2.05) is 19.1 Å². The number of ether oxygens (including phenoxy) is 1. The molecule has 186 valence electrons. The van der Waals surface area contributed by atoms with Gasteiger partial charge in [0.1, 0.15) is 12.3 Å². The monoisotopic (exact) mass is 525 g/mol. The fraction of sp³-hybridized carbons (Fsp3) is 0.320. The number of carbonyl (C=O) groups excluding carboxylic acids is 2. The fourth-order valence-corrected chi connectivity index (χ4v) is 6.76. The van der Waals surface area contributed by atoms with Crippen LogP contribution in [0.25, 0.3) is 0 Å². The quantitative estimate of drug-likeness (QED) is 0.128. The number of esters is 1. The summed E-state index contributed by atoms with van der Waals surface area (Å²) in [5.41, 5.74) is 1.29. The smallest absolute Gasteiger partial charge is 0.356 e. The van der Waals surface area contributed by atoms with Gasteiger partial charge in [-0.15, -0.1) is 23.5 Å². The van der Waals surface area contributed by atoms with E-state index in [1.165, 1.54) is 40.9 Å². The normalized spacial score (nSPS) is 21.4. The Morgan fingerprint density at radius 1 is 1.22 bits per heavy atom. The Bertz CT molecular complexity index is 1250. The van der Waals surface area contributed by atoms with E-state index >= 15 is 0 Å². The SMILES string of the molecule is C[C@@H](O)[C@H]1C(=O)N2C(C(=O)OCc3ccc([N+](=O)[O-])cc3)=C(SCSc3ccc(C#N)cc3)[C@H](C)[C@H]12. The van der Waals surface area contributed by atoms with Crippen molar-refractivity contribution in [1.29, 1.82) is 5.26 Å². The number of thioether (sulfide) groups is 2. The fourth-order valence-electron chi connectivity index (χ4n) is 4.42. The molecule has 2 aromatic carbocycles. The second-order valence-electron chi connectivity index (χ2n) is 8.51. The Morgan fingerprint density at radius 3 is 2.47 bits per heavy atom. The van der Waals surface area contributed by atoms with Crippen LogP contribution >= 0.6 is 23.5 Å². The molecule has 4 rings (SSSR count). The summed E-state index contributed by atoms with van der Waals surface area (Å²) in [6, 6.07) is 14.7. The highest BCUT2D eigenvalue weighted by atomic mass is 32.2. The van der Waals surface area contributed by atoms with Crippen LogP contribution < -0.4 is 0 Å². The van der Waals surface area contributed by atoms with Crippen LogP contribution in [-0.2, 0) is 20.9 Å². The lowest BCUT2D eigenvalue weighted by atomic mass is 9.79. The number of nitro benzene ring substituents is 1. The van der Waals surface area contributed by atoms with Crippen molar-refractivity contribution in [3.63, 3.8) is 0 Å². The predicted molar refractivity (Wildman–Crippen MR) is 134 cm³/mol. The summed E-state index contributed by atoms with van der Waals surface area (Å²) >= 11 is 3.00. The first-order chi connectivity index (χ1) is 17.2. The summed E-state index contributed by atoms with van der Waals surface area (Å²) in [7, 11) is 0. The number of rotatable bonds is 9. The van der Waals surface area contributed by atoms with Gasteiger partial charge in [0.2, 0.25) is 5.91 Å². The summed E-state index contributed by atoms with van der Waals surface area (Å²) in [6.45, 7) is 3.41. The van der Waals surface area contributed by atoms with E-state index in [0.717, 1.165) is 9.80 Å². The number of aliphatic hydroxyl groups excluding tert-OH is 1. The minimum absolute atomic E-state index is 0.0611. The summed E-state index contributed by atoms with van der Waals surface area (Å²) < 4.78 is 5.50. The van der Waals surface area contributed by atoms with Gasteiger partial charge in [-0.05, 0) is 48.9 Å². The molecule has 1 amide bonds. The maximum atomic E-state index is 13.2. The standard InChI is InChI=1S/C25H23N3O6S2/c1-14-21-20(15(2)29)24(30)27(21)22(23(14)36-13-35-19-9-5-16(11-26)6-10-19)25(31)34-12-17-3-7-18(8-4-17)28(32)33/h3-10,14-15,20-21,29H,12-13H2,1-2H3/t14-,15-,20-,21-/m1/s1. The molecule has 2 aliphatic rings. The number of amides is 1. The molecule has 2 aliphatic heterocycles. The van der Waals surface area contributed by atoms with Gasteiger partial charge in [0, 0.05) is 32.9 Å². The number of carbonyl (C=O) groups is 2. The first-order valence-electron chi connectivity index (χ1n) is 11.1. The summed E-state index contributed by atoms with van der Waals surface area (Å²) in [5, 5.41) is 30.5. The molecule has 0 radical (unpaired) electrons. The lowest BCUT2D eigenvalue weighted by molar-refractivity contribution is -0.384. The van der Waals surface area contributed by atoms with Crippen LogP contribution in [0.1, 0.15) is 25.0 Å². The van der Waals surface area contributed by atoms with E-state index in [0.29, 0.717) is 16.2 Å². The first kappa shape index (κ1) is 25.8. The zero-order valence-electron chi connectivity index (χ0n) is 19.5. The molecule has 2 aromatic rings. The van der Waals surface area contributed by atoms with Crippen molar-refractivity contribution in [2.24, 2.45) is 11.8 Å². The maximum absolute atomic E-state index is 13.2. The second kappa shape index (κ2) is 10.7. The van der Waals surface area contributed by atoms with Crippen molar-refractivity contribution < 1.29 is 24.4 Å². The maximum Gasteiger partial charge on any atom is 0.356 e. The van der Waals surface area contributed by atoms with Crippen LogP contribution in [0.3, 0.4) is 0 Å². The largest absolute Gasteiger partial charge is 0.456 e. The van der Waals surface area contributed by atoms with E-state index in [2.05, 4.69) is 6.07 Å². The molecular weight excluding hydrogens is 502 g/mol. The van der Waals surface area contributed by atoms with Gasteiger partial charge in [-0.25, -0.2) is 4.79 Å². The van der Waals surface area contributed by atoms with Gasteiger partial charge in [0.15, 0.2) is 0 Å². The van der Waals surface area contributed by atoms with Gasteiger partial charge in [-0.1, -0.05) is 6.92 Å². The Balaban J connectivity index is 1.50. The molecule has 0 bridgehead atoms. The van der Waals surface area contributed by atoms with E-state index in [1.54, 1.807) is 30.8 Å². The van der Waals surface area contributed by atoms with Crippen LogP contribution in [0.15, 0.2) is 64.0 Å². The molecule has 36 heavy (non-hydrogen) atoms. The molecule has 0 unspecified atom stereocenters. The van der Waals surface area contributed by atoms with E-state index in [-0.39, 0.29) is 35.9 Å². The number of non-ortho nitro benzene ring substituents is 1. The number of nitrogens with zero attached hydrogens (tertiary/aromatic N) is 3. The molecule has 0 aliphatic carbocycles. The number of benzene rings is 2. The van der Waals surface area contributed by atoms with Crippen LogP contribution in [0, 0.1) is 33.3 Å². The predicted octanol–water partition coefficient (Wildman–Crippen LogP) is 4.06. The van der Waals surface area contributed by atoms with Crippen molar-refractivity contribution in [1.82, 2.24) is 4.90 Å². The Labute approximate surface area is 216 Å². The number of nitriles is 1. The molecule has 1 fully saturated rings. The van der Waals surface area contributed by atoms with E-state index in [4.69, 9.17) is 10.00 Å². The molecule has 11 heteroatoms. The van der Waals surface area contributed by atoms with Gasteiger partial charge in [0.25, 0.3) is 5.69 Å². The van der Waals surface area contributed by atoms with Crippen LogP contribution in [0.5, 0.6) is 0 Å². The molecular formula is C25H23N3O6S2. The van der Waals surface area contributed by atoms with Crippen molar-refractivity contribution in [2.45, 2.75) is 37.5 Å². The van der Waals surface area contributed by atoms with Crippen LogP contribution in [-0.4, -0.2) is 44.0 Å². The van der Waals surface area contributed by atoms with Gasteiger partial charge in [0.05, 0.1) is 34.6 Å². The van der Waals surface area contributed by atoms with Crippen molar-refractivity contribution in [3.8, 4) is 6.07 Å². The number of nitro groups is 1. The summed E-state index contributed by atoms with van der Waals surface area (Å²) in [4.78, 5) is 39.5. The number of hydrogen-bond acceptors (Lipinski definition) is 9. The molecule has 1 saturated heterocycles. The molecule has 0 aromatic heterocycles. The minimum atomic E-state index is -0.837. The lowest BCUT2D eigenvalue weighted by Crippen LogP contribution is -2.63. The Kier molecular flexibility index (Phi) is 7.68. The second-order valence-corrected chi connectivity index (χ2v) is 10.9. The summed E-state index contributed by atoms with van der Waals surface area (Å²) in [6.07, 6.45) is -0.837. The average Bonchev–Trinajstić information content (AvgIpc) is 3.11. The Hall–Kier alpha value is -3.33. The van der Waals surface area contributed by atoms with Gasteiger partial charge < -0.3 is 14.7 Å². The topological polar surface area (TPSA) is 134 Å². The van der Waals surface area contributed by atoms with E-state index in [9.17, 15) is 24.8 Å². The summed E-state index contributed by atoms with van der Waals surface area (Å²) in [5.74, 6) is -1.69. The molecule has 1 N–H and O–H groups in total. The van der Waals surface area contributed by atoms with Crippen LogP contribution in [0.2, 0.25) is 0 Å². The molecule has 4 atom stereocenters. The van der Waals surface area contributed by atoms with Gasteiger partial charge in [-0.3, -0.25) is 14.9 Å². The first-order valence-corrected chi connectivity index (χ1v) is 13.1. The van der Waals surface area contributed by atoms with Crippen molar-refractivity contribution in [2.75, 3.05) is 5.08 Å². The molecule has 0 saturated carbocycles. The molecule has 2 heterocycles. The van der Waals surface area contributed by atoms with Gasteiger partial charge >= 0.3 is 5.97 Å². The number of β-lactam (4-membered cyclic amide) rings is 1. The highest BCUT2D eigenvalue weighted by Crippen LogP contribution is 2.51. The average molecular weight is 526 g/mol. The highest BCUT2D eigenvalue weighted by Gasteiger charge is 2.60. The lowest BCUT2D eigenvalue weighted by Gasteiger charge is -2.46. The third-order valence-electron chi connectivity index (χ3n) is 6.24. The molecule has 9 nitrogen and oxygen atoms in total. The third kappa shape index (κ3) is 4.97. The minimum Gasteiger partial charge on any atom is -0.456 e. The zero-order chi connectivity index (χ0) is 26.0. The van der Waals surface area contributed by atoms with Crippen LogP contribution in [0.4, 0.5) is 5.69 Å². The third-order valence-corrected chi connectivity index (χ3v) is 8.67. The number of aliphatic hydroxyl groups is 1.